The van der Waals surface area contributed by atoms with Crippen molar-refractivity contribution < 1.29 is 4.79 Å². The Morgan fingerprint density at radius 3 is 2.55 bits per heavy atom. The summed E-state index contributed by atoms with van der Waals surface area (Å²) in [4.78, 5) is 14.3. The maximum Gasteiger partial charge on any atom is 0.201 e. The summed E-state index contributed by atoms with van der Waals surface area (Å²) in [5.41, 5.74) is 4.45. The number of benzene rings is 1. The number of hydrogen-bond donors (Lipinski definition) is 0. The van der Waals surface area contributed by atoms with Gasteiger partial charge in [0.1, 0.15) is 11.6 Å². The molecule has 0 radical (unpaired) electrons. The largest absolute Gasteiger partial charge is 0.382 e. The van der Waals surface area contributed by atoms with Gasteiger partial charge < -0.3 is 4.90 Å². The van der Waals surface area contributed by atoms with Crippen LogP contribution < -0.4 is 0 Å². The number of rotatable bonds is 3. The maximum atomic E-state index is 12.6. The highest BCUT2D eigenvalue weighted by Crippen LogP contribution is 2.35. The Kier molecular flexibility index (Phi) is 4.23. The highest BCUT2D eigenvalue weighted by atomic mass is 16.1. The van der Waals surface area contributed by atoms with Crippen molar-refractivity contribution in [1.82, 2.24) is 4.90 Å². The molecule has 3 nitrogen and oxygen atoms in total. The molecule has 0 aliphatic heterocycles. The van der Waals surface area contributed by atoms with Crippen molar-refractivity contribution in [1.29, 1.82) is 5.26 Å². The first-order valence-corrected chi connectivity index (χ1v) is 7.40. The van der Waals surface area contributed by atoms with E-state index in [0.29, 0.717) is 12.0 Å². The van der Waals surface area contributed by atoms with Crippen LogP contribution >= 0.6 is 0 Å². The average molecular weight is 294 g/mol. The first-order valence-electron chi connectivity index (χ1n) is 7.40. The molecule has 0 aromatic heterocycles. The minimum absolute atomic E-state index is 0.0257. The summed E-state index contributed by atoms with van der Waals surface area (Å²) in [6.45, 7) is 6.51. The molecule has 1 aliphatic rings. The molecule has 0 unspecified atom stereocenters. The van der Waals surface area contributed by atoms with E-state index in [-0.39, 0.29) is 16.8 Å². The molecule has 0 heterocycles. The monoisotopic (exact) mass is 294 g/mol. The zero-order valence-electron chi connectivity index (χ0n) is 13.9. The molecule has 22 heavy (non-hydrogen) atoms. The predicted octanol–water partition coefficient (Wildman–Crippen LogP) is 3.46. The van der Waals surface area contributed by atoms with Crippen LogP contribution in [0, 0.1) is 11.3 Å². The van der Waals surface area contributed by atoms with Gasteiger partial charge in [-0.2, -0.15) is 5.26 Å². The van der Waals surface area contributed by atoms with Crippen LogP contribution in [-0.2, 0) is 16.6 Å². The second-order valence-electron chi connectivity index (χ2n) is 6.92. The third-order valence-electron chi connectivity index (χ3n) is 3.75. The Balaban J connectivity index is 2.42. The van der Waals surface area contributed by atoms with E-state index < -0.39 is 0 Å². The topological polar surface area (TPSA) is 44.1 Å². The lowest BCUT2D eigenvalue weighted by molar-refractivity contribution is -0.111. The molecule has 0 saturated heterocycles. The van der Waals surface area contributed by atoms with Crippen LogP contribution in [0.1, 0.15) is 37.5 Å². The highest BCUT2D eigenvalue weighted by molar-refractivity contribution is 6.14. The van der Waals surface area contributed by atoms with Gasteiger partial charge in [-0.25, -0.2) is 0 Å². The molecule has 0 bridgehead atoms. The van der Waals surface area contributed by atoms with Gasteiger partial charge in [-0.05, 0) is 28.2 Å². The summed E-state index contributed by atoms with van der Waals surface area (Å²) in [5.74, 6) is -0.174. The van der Waals surface area contributed by atoms with E-state index in [1.54, 1.807) is 25.2 Å². The number of allylic oxidation sites excluding steroid dienone is 2. The number of carbonyl (C=O) groups is 1. The third kappa shape index (κ3) is 3.12. The Bertz CT molecular complexity index is 710. The van der Waals surface area contributed by atoms with Crippen LogP contribution in [0.15, 0.2) is 35.5 Å². The molecule has 0 saturated carbocycles. The summed E-state index contributed by atoms with van der Waals surface area (Å²) >= 11 is 0. The summed E-state index contributed by atoms with van der Waals surface area (Å²) in [5, 5.41) is 9.21. The average Bonchev–Trinajstić information content (AvgIpc) is 2.86. The fourth-order valence-corrected chi connectivity index (χ4v) is 2.74. The van der Waals surface area contributed by atoms with Crippen molar-refractivity contribution in [3.63, 3.8) is 0 Å². The Labute approximate surface area is 132 Å². The molecule has 1 aromatic rings. The molecule has 0 fully saturated rings. The van der Waals surface area contributed by atoms with E-state index in [2.05, 4.69) is 32.9 Å². The zero-order chi connectivity index (χ0) is 16.5. The van der Waals surface area contributed by atoms with Gasteiger partial charge in [0.2, 0.25) is 5.78 Å². The first kappa shape index (κ1) is 16.0. The number of fused-ring (bicyclic) bond motifs is 1. The van der Waals surface area contributed by atoms with Crippen molar-refractivity contribution in [2.75, 3.05) is 14.1 Å². The van der Waals surface area contributed by atoms with Crippen molar-refractivity contribution >= 4 is 11.9 Å². The van der Waals surface area contributed by atoms with Gasteiger partial charge in [0, 0.05) is 32.3 Å². The Morgan fingerprint density at radius 1 is 1.32 bits per heavy atom. The molecule has 1 aliphatic carbocycles. The molecule has 0 N–H and O–H groups in total. The molecule has 2 rings (SSSR count). The van der Waals surface area contributed by atoms with E-state index >= 15 is 0 Å². The van der Waals surface area contributed by atoms with Crippen LogP contribution in [0.3, 0.4) is 0 Å². The summed E-state index contributed by atoms with van der Waals surface area (Å²) in [6.07, 6.45) is 4.14. The first-order chi connectivity index (χ1) is 10.2. The van der Waals surface area contributed by atoms with Crippen molar-refractivity contribution in [2.24, 2.45) is 0 Å². The van der Waals surface area contributed by atoms with E-state index in [9.17, 15) is 10.1 Å². The molecule has 1 aromatic carbocycles. The van der Waals surface area contributed by atoms with Crippen LogP contribution in [0.25, 0.3) is 6.08 Å². The molecule has 0 amide bonds. The lowest BCUT2D eigenvalue weighted by Crippen LogP contribution is -2.13. The second kappa shape index (κ2) is 5.81. The van der Waals surface area contributed by atoms with Crippen molar-refractivity contribution in [3.05, 3.63) is 52.2 Å². The molecule has 3 heteroatoms. The van der Waals surface area contributed by atoms with E-state index in [1.807, 2.05) is 18.2 Å². The van der Waals surface area contributed by atoms with Crippen molar-refractivity contribution in [3.8, 4) is 6.07 Å². The van der Waals surface area contributed by atoms with E-state index in [4.69, 9.17) is 0 Å². The third-order valence-corrected chi connectivity index (χ3v) is 3.75. The predicted molar refractivity (Wildman–Crippen MR) is 89.2 cm³/mol. The molecule has 0 atom stereocenters. The van der Waals surface area contributed by atoms with Gasteiger partial charge in [0.25, 0.3) is 0 Å². The molecular formula is C19H22N2O. The molecule has 0 spiro atoms. The summed E-state index contributed by atoms with van der Waals surface area (Å²) in [7, 11) is 3.61. The van der Waals surface area contributed by atoms with Crippen LogP contribution in [0.4, 0.5) is 0 Å². The summed E-state index contributed by atoms with van der Waals surface area (Å²) < 4.78 is 0. The molecule has 114 valence electrons. The lowest BCUT2D eigenvalue weighted by atomic mass is 9.83. The quantitative estimate of drug-likeness (QED) is 0.633. The molecular weight excluding hydrogens is 272 g/mol. The number of ketones is 1. The summed E-state index contributed by atoms with van der Waals surface area (Å²) in [6, 6.07) is 8.23. The van der Waals surface area contributed by atoms with Gasteiger partial charge >= 0.3 is 0 Å². The fraction of sp³-hybridized carbons (Fsp3) is 0.368. The van der Waals surface area contributed by atoms with Gasteiger partial charge in [-0.15, -0.1) is 0 Å². The minimum atomic E-state index is -0.174. The number of nitriles is 1. The van der Waals surface area contributed by atoms with Gasteiger partial charge in [0.15, 0.2) is 0 Å². The van der Waals surface area contributed by atoms with E-state index in [1.165, 1.54) is 5.56 Å². The number of hydrogen-bond acceptors (Lipinski definition) is 3. The second-order valence-corrected chi connectivity index (χ2v) is 6.92. The van der Waals surface area contributed by atoms with Gasteiger partial charge in [0.05, 0.1) is 0 Å². The standard InChI is InChI=1S/C19H22N2O/c1-19(2,3)17-8-6-7-13-9-14(10-16(13)17)18(22)15(11-20)12-21(4)5/h6-8,10,12H,9H2,1-5H3. The Hall–Kier alpha value is -2.34. The smallest absolute Gasteiger partial charge is 0.201 e. The lowest BCUT2D eigenvalue weighted by Gasteiger charge is -2.22. The van der Waals surface area contributed by atoms with Crippen LogP contribution in [0.2, 0.25) is 0 Å². The van der Waals surface area contributed by atoms with Crippen molar-refractivity contribution in [2.45, 2.75) is 32.6 Å². The highest BCUT2D eigenvalue weighted by Gasteiger charge is 2.26. The van der Waals surface area contributed by atoms with Crippen LogP contribution in [-0.4, -0.2) is 24.8 Å². The minimum Gasteiger partial charge on any atom is -0.382 e. The van der Waals surface area contributed by atoms with Gasteiger partial charge in [-0.1, -0.05) is 39.0 Å². The Morgan fingerprint density at radius 2 is 2.00 bits per heavy atom. The SMILES string of the molecule is CN(C)C=C(C#N)C(=O)C1=Cc2c(cccc2C(C)(C)C)C1. The fourth-order valence-electron chi connectivity index (χ4n) is 2.74. The maximum absolute atomic E-state index is 12.6. The number of nitrogens with zero attached hydrogens (tertiary/aromatic N) is 2. The van der Waals surface area contributed by atoms with E-state index in [0.717, 1.165) is 11.1 Å². The normalized spacial score (nSPS) is 14.2. The number of carbonyl (C=O) groups excluding carboxylic acids is 1. The zero-order valence-corrected chi connectivity index (χ0v) is 13.9. The van der Waals surface area contributed by atoms with Crippen LogP contribution in [0.5, 0.6) is 0 Å². The number of Topliss-reactive ketones (excluding diaryl/α,β-unsaturated/α-hetero) is 1. The van der Waals surface area contributed by atoms with Gasteiger partial charge in [-0.3, -0.25) is 4.79 Å².